The molecule has 168 valence electrons. The minimum absolute atomic E-state index is 0.0848. The summed E-state index contributed by atoms with van der Waals surface area (Å²) in [7, 11) is 1.57. The standard InChI is InChI=1S/C24H27N3O5/c1-26-24(29)17-9-14(23(28)27-21-19-10-30-11-20(19)21)8-16-18(12-32-22(16)17)13-2-4-15(5-3-13)31-7-6-25/h2-5,8-9,18-21H,6-7,10-12,25H2,1H3,(H,26,29)(H,27,28)/t18-,19?,20?,21?/m0/s1. The Morgan fingerprint density at radius 1 is 1.09 bits per heavy atom. The molecule has 0 aromatic heterocycles. The Morgan fingerprint density at radius 3 is 2.53 bits per heavy atom. The number of fused-ring (bicyclic) bond motifs is 2. The molecule has 8 heteroatoms. The average molecular weight is 437 g/mol. The zero-order valence-electron chi connectivity index (χ0n) is 17.9. The largest absolute Gasteiger partial charge is 0.492 e. The van der Waals surface area contributed by atoms with Crippen molar-refractivity contribution in [2.75, 3.05) is 40.0 Å². The van der Waals surface area contributed by atoms with Gasteiger partial charge in [0.1, 0.15) is 18.1 Å². The third-order valence-corrected chi connectivity index (χ3v) is 6.54. The van der Waals surface area contributed by atoms with Gasteiger partial charge in [0.25, 0.3) is 11.8 Å². The van der Waals surface area contributed by atoms with E-state index in [4.69, 9.17) is 19.9 Å². The van der Waals surface area contributed by atoms with E-state index in [2.05, 4.69) is 10.6 Å². The van der Waals surface area contributed by atoms with Gasteiger partial charge in [0.15, 0.2) is 0 Å². The van der Waals surface area contributed by atoms with Crippen LogP contribution in [0.3, 0.4) is 0 Å². The summed E-state index contributed by atoms with van der Waals surface area (Å²) in [4.78, 5) is 25.6. The second kappa shape index (κ2) is 8.44. The second-order valence-electron chi connectivity index (χ2n) is 8.46. The van der Waals surface area contributed by atoms with Crippen LogP contribution < -0.4 is 25.8 Å². The van der Waals surface area contributed by atoms with E-state index in [1.807, 2.05) is 30.3 Å². The number of carbonyl (C=O) groups is 2. The van der Waals surface area contributed by atoms with E-state index in [0.717, 1.165) is 16.9 Å². The molecular weight excluding hydrogens is 410 g/mol. The monoisotopic (exact) mass is 437 g/mol. The van der Waals surface area contributed by atoms with Crippen molar-refractivity contribution in [1.82, 2.24) is 10.6 Å². The van der Waals surface area contributed by atoms with Crippen LogP contribution in [0.25, 0.3) is 0 Å². The fraction of sp³-hybridized carbons (Fsp3) is 0.417. The summed E-state index contributed by atoms with van der Waals surface area (Å²) < 4.78 is 16.9. The van der Waals surface area contributed by atoms with Crippen LogP contribution in [0.1, 0.15) is 37.8 Å². The van der Waals surface area contributed by atoms with Crippen LogP contribution in [0, 0.1) is 11.8 Å². The Bertz CT molecular complexity index is 1030. The van der Waals surface area contributed by atoms with Gasteiger partial charge in [-0.05, 0) is 29.8 Å². The smallest absolute Gasteiger partial charge is 0.254 e. The molecule has 3 aliphatic rings. The number of hydrogen-bond acceptors (Lipinski definition) is 6. The Labute approximate surface area is 186 Å². The molecular formula is C24H27N3O5. The molecule has 2 aromatic rings. The first kappa shape index (κ1) is 20.8. The summed E-state index contributed by atoms with van der Waals surface area (Å²) in [5.41, 5.74) is 8.20. The van der Waals surface area contributed by atoms with Gasteiger partial charge in [-0.15, -0.1) is 0 Å². The highest BCUT2D eigenvalue weighted by atomic mass is 16.5. The highest BCUT2D eigenvalue weighted by Crippen LogP contribution is 2.45. The lowest BCUT2D eigenvalue weighted by Crippen LogP contribution is -2.30. The van der Waals surface area contributed by atoms with Crippen LogP contribution in [-0.4, -0.2) is 57.9 Å². The van der Waals surface area contributed by atoms with Crippen molar-refractivity contribution in [2.45, 2.75) is 12.0 Å². The first-order valence-corrected chi connectivity index (χ1v) is 10.9. The topological polar surface area (TPSA) is 112 Å². The van der Waals surface area contributed by atoms with Gasteiger partial charge in [0.2, 0.25) is 0 Å². The summed E-state index contributed by atoms with van der Waals surface area (Å²) in [6.45, 7) is 2.71. The Hall–Kier alpha value is -3.10. The molecule has 2 fully saturated rings. The average Bonchev–Trinajstić information content (AvgIpc) is 3.18. The number of amides is 2. The molecule has 2 heterocycles. The van der Waals surface area contributed by atoms with Crippen LogP contribution in [0.5, 0.6) is 11.5 Å². The first-order chi connectivity index (χ1) is 15.6. The van der Waals surface area contributed by atoms with Crippen molar-refractivity contribution < 1.29 is 23.8 Å². The van der Waals surface area contributed by atoms with Crippen molar-refractivity contribution in [3.8, 4) is 11.5 Å². The molecule has 2 aromatic carbocycles. The molecule has 1 saturated heterocycles. The van der Waals surface area contributed by atoms with Crippen LogP contribution in [0.4, 0.5) is 0 Å². The molecule has 32 heavy (non-hydrogen) atoms. The zero-order chi connectivity index (χ0) is 22.2. The Morgan fingerprint density at radius 2 is 1.84 bits per heavy atom. The quantitative estimate of drug-likeness (QED) is 0.602. The maximum absolute atomic E-state index is 13.0. The van der Waals surface area contributed by atoms with E-state index in [1.54, 1.807) is 13.1 Å². The van der Waals surface area contributed by atoms with Crippen LogP contribution in [0.15, 0.2) is 36.4 Å². The van der Waals surface area contributed by atoms with Gasteiger partial charge in [-0.3, -0.25) is 9.59 Å². The minimum atomic E-state index is -0.279. The molecule has 0 bridgehead atoms. The van der Waals surface area contributed by atoms with Gasteiger partial charge in [0.05, 0.1) is 25.4 Å². The number of nitrogens with one attached hydrogen (secondary N) is 2. The molecule has 2 aliphatic heterocycles. The third kappa shape index (κ3) is 3.69. The predicted molar refractivity (Wildman–Crippen MR) is 117 cm³/mol. The van der Waals surface area contributed by atoms with E-state index >= 15 is 0 Å². The molecule has 4 N–H and O–H groups in total. The summed E-state index contributed by atoms with van der Waals surface area (Å²) >= 11 is 0. The van der Waals surface area contributed by atoms with Crippen LogP contribution >= 0.6 is 0 Å². The van der Waals surface area contributed by atoms with Crippen molar-refractivity contribution in [1.29, 1.82) is 0 Å². The molecule has 2 unspecified atom stereocenters. The van der Waals surface area contributed by atoms with E-state index < -0.39 is 0 Å². The first-order valence-electron chi connectivity index (χ1n) is 10.9. The maximum atomic E-state index is 13.0. The molecule has 5 rings (SSSR count). The number of rotatable bonds is 7. The normalized spacial score (nSPS) is 24.8. The van der Waals surface area contributed by atoms with Crippen LogP contribution in [0.2, 0.25) is 0 Å². The summed E-state index contributed by atoms with van der Waals surface area (Å²) in [5.74, 6) is 1.55. The number of carbonyl (C=O) groups excluding carboxylic acids is 2. The SMILES string of the molecule is CNC(=O)c1cc(C(=O)NC2C3COCC32)cc2c1OC[C@H]2c1ccc(OCCN)cc1. The summed E-state index contributed by atoms with van der Waals surface area (Å²) in [5, 5.41) is 5.76. The lowest BCUT2D eigenvalue weighted by molar-refractivity contribution is 0.0929. The molecule has 2 amide bonds. The fourth-order valence-electron chi connectivity index (χ4n) is 4.70. The molecule has 0 spiro atoms. The molecule has 1 aliphatic carbocycles. The number of benzene rings is 2. The Kier molecular flexibility index (Phi) is 5.48. The van der Waals surface area contributed by atoms with E-state index in [-0.39, 0.29) is 23.8 Å². The summed E-state index contributed by atoms with van der Waals surface area (Å²) in [6.07, 6.45) is 0. The molecule has 3 atom stereocenters. The number of ether oxygens (including phenoxy) is 3. The van der Waals surface area contributed by atoms with Gasteiger partial charge in [0, 0.05) is 48.5 Å². The van der Waals surface area contributed by atoms with Gasteiger partial charge < -0.3 is 30.6 Å². The van der Waals surface area contributed by atoms with E-state index in [9.17, 15) is 9.59 Å². The van der Waals surface area contributed by atoms with Gasteiger partial charge in [-0.2, -0.15) is 0 Å². The van der Waals surface area contributed by atoms with E-state index in [0.29, 0.717) is 61.7 Å². The molecule has 1 saturated carbocycles. The minimum Gasteiger partial charge on any atom is -0.492 e. The summed E-state index contributed by atoms with van der Waals surface area (Å²) in [6, 6.07) is 11.4. The predicted octanol–water partition coefficient (Wildman–Crippen LogP) is 1.28. The van der Waals surface area contributed by atoms with Gasteiger partial charge in [-0.1, -0.05) is 12.1 Å². The number of hydrogen-bond donors (Lipinski definition) is 3. The van der Waals surface area contributed by atoms with Crippen molar-refractivity contribution in [3.63, 3.8) is 0 Å². The van der Waals surface area contributed by atoms with Crippen molar-refractivity contribution in [2.24, 2.45) is 17.6 Å². The third-order valence-electron chi connectivity index (χ3n) is 6.54. The van der Waals surface area contributed by atoms with Crippen molar-refractivity contribution in [3.05, 3.63) is 58.7 Å². The number of nitrogens with two attached hydrogens (primary N) is 1. The van der Waals surface area contributed by atoms with Crippen molar-refractivity contribution >= 4 is 11.8 Å². The maximum Gasteiger partial charge on any atom is 0.254 e. The Balaban J connectivity index is 1.43. The fourth-order valence-corrected chi connectivity index (χ4v) is 4.70. The lowest BCUT2D eigenvalue weighted by Gasteiger charge is -2.14. The lowest BCUT2D eigenvalue weighted by atomic mass is 9.90. The van der Waals surface area contributed by atoms with E-state index in [1.165, 1.54) is 0 Å². The zero-order valence-corrected chi connectivity index (χ0v) is 17.9. The van der Waals surface area contributed by atoms with Gasteiger partial charge in [-0.25, -0.2) is 0 Å². The molecule has 0 radical (unpaired) electrons. The van der Waals surface area contributed by atoms with Crippen LogP contribution in [-0.2, 0) is 4.74 Å². The van der Waals surface area contributed by atoms with Gasteiger partial charge >= 0.3 is 0 Å². The second-order valence-corrected chi connectivity index (χ2v) is 8.46. The highest BCUT2D eigenvalue weighted by Gasteiger charge is 2.54. The highest BCUT2D eigenvalue weighted by molar-refractivity contribution is 6.02. The molecule has 8 nitrogen and oxygen atoms in total.